The smallest absolute Gasteiger partial charge is 0.331 e. The minimum absolute atomic E-state index is 0. The molecule has 2 radical (unpaired) electrons. The molecule has 5 heteroatoms. The van der Waals surface area contributed by atoms with Gasteiger partial charge in [0.25, 0.3) is 0 Å². The maximum atomic E-state index is 9.90. The molecule has 0 heterocycles. The topological polar surface area (TPSA) is 74.6 Å². The van der Waals surface area contributed by atoms with Crippen molar-refractivity contribution >= 4 is 35.0 Å². The zero-order valence-corrected chi connectivity index (χ0v) is 6.91. The van der Waals surface area contributed by atoms with Crippen molar-refractivity contribution in [3.05, 3.63) is 11.6 Å². The summed E-state index contributed by atoms with van der Waals surface area (Å²) in [6.45, 7) is 1.22. The zero-order chi connectivity index (χ0) is 7.44. The SMILES string of the molecule is C/C(=C/C(=O)O)C(=O)O.[Mg]. The van der Waals surface area contributed by atoms with Gasteiger partial charge in [-0.25, -0.2) is 9.59 Å². The molecule has 0 amide bonds. The van der Waals surface area contributed by atoms with Crippen LogP contribution in [-0.2, 0) is 9.59 Å². The molecule has 0 bridgehead atoms. The highest BCUT2D eigenvalue weighted by Gasteiger charge is 2.00. The Morgan fingerprint density at radius 3 is 1.80 bits per heavy atom. The molecular weight excluding hydrogens is 148 g/mol. The second kappa shape index (κ2) is 5.25. The largest absolute Gasteiger partial charge is 0.478 e. The fraction of sp³-hybridized carbons (Fsp3) is 0.200. The normalized spacial score (nSPS) is 9.90. The molecule has 10 heavy (non-hydrogen) atoms. The Morgan fingerprint density at radius 2 is 1.70 bits per heavy atom. The van der Waals surface area contributed by atoms with E-state index in [4.69, 9.17) is 10.2 Å². The molecule has 52 valence electrons. The molecule has 4 nitrogen and oxygen atoms in total. The van der Waals surface area contributed by atoms with E-state index in [1.165, 1.54) is 6.92 Å². The third-order valence-corrected chi connectivity index (χ3v) is 0.677. The van der Waals surface area contributed by atoms with Gasteiger partial charge in [-0.05, 0) is 6.92 Å². The Bertz CT molecular complexity index is 172. The van der Waals surface area contributed by atoms with E-state index in [0.717, 1.165) is 0 Å². The van der Waals surface area contributed by atoms with E-state index in [-0.39, 0.29) is 28.6 Å². The Morgan fingerprint density at radius 1 is 1.30 bits per heavy atom. The van der Waals surface area contributed by atoms with Crippen molar-refractivity contribution < 1.29 is 19.8 Å². The maximum absolute atomic E-state index is 9.90. The van der Waals surface area contributed by atoms with Gasteiger partial charge in [0.1, 0.15) is 0 Å². The van der Waals surface area contributed by atoms with E-state index in [9.17, 15) is 9.59 Å². The van der Waals surface area contributed by atoms with E-state index in [2.05, 4.69) is 0 Å². The van der Waals surface area contributed by atoms with Gasteiger partial charge >= 0.3 is 11.9 Å². The lowest BCUT2D eigenvalue weighted by atomic mass is 10.3. The van der Waals surface area contributed by atoms with Gasteiger partial charge in [0.15, 0.2) is 0 Å². The molecule has 0 aromatic carbocycles. The molecule has 0 unspecified atom stereocenters. The summed E-state index contributed by atoms with van der Waals surface area (Å²) in [7, 11) is 0. The molecule has 0 aliphatic rings. The van der Waals surface area contributed by atoms with Crippen LogP contribution in [0.2, 0.25) is 0 Å². The summed E-state index contributed by atoms with van der Waals surface area (Å²) in [5.41, 5.74) is -0.178. The summed E-state index contributed by atoms with van der Waals surface area (Å²) < 4.78 is 0. The van der Waals surface area contributed by atoms with Crippen LogP contribution in [0.4, 0.5) is 0 Å². The minimum Gasteiger partial charge on any atom is -0.478 e. The first-order valence-corrected chi connectivity index (χ1v) is 2.18. The van der Waals surface area contributed by atoms with Gasteiger partial charge in [-0.3, -0.25) is 0 Å². The average Bonchev–Trinajstić information content (AvgIpc) is 1.63. The second-order valence-electron chi connectivity index (χ2n) is 1.47. The van der Waals surface area contributed by atoms with Crippen LogP contribution in [0.1, 0.15) is 6.92 Å². The van der Waals surface area contributed by atoms with Crippen molar-refractivity contribution in [2.45, 2.75) is 6.92 Å². The molecule has 0 aromatic rings. The van der Waals surface area contributed by atoms with Gasteiger partial charge in [-0.15, -0.1) is 0 Å². The van der Waals surface area contributed by atoms with Crippen LogP contribution in [0, 0.1) is 0 Å². The highest BCUT2D eigenvalue weighted by Crippen LogP contribution is 1.89. The molecule has 0 aromatic heterocycles. The van der Waals surface area contributed by atoms with Gasteiger partial charge in [0.2, 0.25) is 0 Å². The molecule has 0 saturated carbocycles. The summed E-state index contributed by atoms with van der Waals surface area (Å²) in [4.78, 5) is 19.7. The Kier molecular flexibility index (Phi) is 6.38. The van der Waals surface area contributed by atoms with Gasteiger partial charge in [-0.1, -0.05) is 0 Å². The molecule has 0 aliphatic heterocycles. The minimum atomic E-state index is -1.24. The number of rotatable bonds is 2. The monoisotopic (exact) mass is 154 g/mol. The summed E-state index contributed by atoms with van der Waals surface area (Å²) in [6, 6.07) is 0. The fourth-order valence-corrected chi connectivity index (χ4v) is 0.247. The van der Waals surface area contributed by atoms with Crippen molar-refractivity contribution in [3.63, 3.8) is 0 Å². The van der Waals surface area contributed by atoms with Crippen LogP contribution in [0.15, 0.2) is 11.6 Å². The molecular formula is C5H6MgO4. The van der Waals surface area contributed by atoms with Crippen molar-refractivity contribution in [2.24, 2.45) is 0 Å². The Labute approximate surface area is 73.7 Å². The third kappa shape index (κ3) is 5.58. The number of aliphatic carboxylic acids is 2. The van der Waals surface area contributed by atoms with Crippen molar-refractivity contribution in [3.8, 4) is 0 Å². The number of hydrogen-bond acceptors (Lipinski definition) is 2. The molecule has 0 spiro atoms. The first kappa shape index (κ1) is 12.2. The molecule has 2 N–H and O–H groups in total. The highest BCUT2D eigenvalue weighted by atomic mass is 24.3. The summed E-state index contributed by atoms with van der Waals surface area (Å²) in [5, 5.41) is 16.1. The van der Waals surface area contributed by atoms with Crippen LogP contribution < -0.4 is 0 Å². The van der Waals surface area contributed by atoms with Crippen LogP contribution in [0.5, 0.6) is 0 Å². The zero-order valence-electron chi connectivity index (χ0n) is 5.50. The van der Waals surface area contributed by atoms with Gasteiger partial charge < -0.3 is 10.2 Å². The number of carboxylic acid groups (broad SMARTS) is 2. The lowest BCUT2D eigenvalue weighted by Crippen LogP contribution is -1.99. The first-order valence-electron chi connectivity index (χ1n) is 2.18. The van der Waals surface area contributed by atoms with Gasteiger partial charge in [0.05, 0.1) is 0 Å². The van der Waals surface area contributed by atoms with Crippen molar-refractivity contribution in [2.75, 3.05) is 0 Å². The van der Waals surface area contributed by atoms with Crippen LogP contribution in [0.25, 0.3) is 0 Å². The van der Waals surface area contributed by atoms with E-state index in [0.29, 0.717) is 6.08 Å². The Balaban J connectivity index is 0. The summed E-state index contributed by atoms with van der Waals surface area (Å²) in [6.07, 6.45) is 0.641. The third-order valence-electron chi connectivity index (χ3n) is 0.677. The highest BCUT2D eigenvalue weighted by molar-refractivity contribution is 5.93. The van der Waals surface area contributed by atoms with E-state index in [1.54, 1.807) is 0 Å². The molecule has 0 atom stereocenters. The predicted molar refractivity (Wildman–Crippen MR) is 34.8 cm³/mol. The first-order chi connectivity index (χ1) is 4.04. The lowest BCUT2D eigenvalue weighted by molar-refractivity contribution is -0.135. The van der Waals surface area contributed by atoms with Crippen LogP contribution >= 0.6 is 0 Å². The molecule has 0 aliphatic carbocycles. The van der Waals surface area contributed by atoms with E-state index in [1.807, 2.05) is 0 Å². The lowest BCUT2D eigenvalue weighted by Gasteiger charge is -1.86. The van der Waals surface area contributed by atoms with Crippen molar-refractivity contribution in [1.82, 2.24) is 0 Å². The van der Waals surface area contributed by atoms with Crippen LogP contribution in [0.3, 0.4) is 0 Å². The number of carboxylic acids is 2. The number of hydrogen-bond donors (Lipinski definition) is 2. The molecule has 0 fully saturated rings. The number of carbonyl (C=O) groups is 2. The second-order valence-corrected chi connectivity index (χ2v) is 1.47. The van der Waals surface area contributed by atoms with Gasteiger partial charge in [-0.2, -0.15) is 0 Å². The van der Waals surface area contributed by atoms with E-state index >= 15 is 0 Å². The average molecular weight is 154 g/mol. The summed E-state index contributed by atoms with van der Waals surface area (Å²) in [5.74, 6) is -2.45. The maximum Gasteiger partial charge on any atom is 0.331 e. The van der Waals surface area contributed by atoms with E-state index < -0.39 is 11.9 Å². The standard InChI is InChI=1S/C5H6O4.Mg/c1-3(5(8)9)2-4(6)7;/h2H,1H3,(H,6,7)(H,8,9);/b3-2-;. The molecule has 0 rings (SSSR count). The van der Waals surface area contributed by atoms with Gasteiger partial charge in [0, 0.05) is 34.7 Å². The van der Waals surface area contributed by atoms with Crippen LogP contribution in [-0.4, -0.2) is 45.2 Å². The predicted octanol–water partition coefficient (Wildman–Crippen LogP) is -0.279. The quantitative estimate of drug-likeness (QED) is 0.424. The fourth-order valence-electron chi connectivity index (χ4n) is 0.247. The van der Waals surface area contributed by atoms with Crippen molar-refractivity contribution in [1.29, 1.82) is 0 Å². The Hall–Kier alpha value is -0.554. The molecule has 0 saturated heterocycles. The summed E-state index contributed by atoms with van der Waals surface area (Å²) >= 11 is 0.